The van der Waals surface area contributed by atoms with E-state index in [2.05, 4.69) is 4.98 Å². The van der Waals surface area contributed by atoms with Gasteiger partial charge in [-0.3, -0.25) is 4.79 Å². The number of aromatic nitrogens is 2. The van der Waals surface area contributed by atoms with Gasteiger partial charge in [0, 0.05) is 25.4 Å². The summed E-state index contributed by atoms with van der Waals surface area (Å²) in [7, 11) is 1.93. The van der Waals surface area contributed by atoms with Crippen LogP contribution in [0.5, 0.6) is 5.88 Å². The molecule has 2 aromatic heterocycles. The maximum absolute atomic E-state index is 12.1. The van der Waals surface area contributed by atoms with Crippen LogP contribution >= 0.6 is 11.3 Å². The summed E-state index contributed by atoms with van der Waals surface area (Å²) >= 11 is 0.948. The van der Waals surface area contributed by atoms with Crippen molar-refractivity contribution in [2.24, 2.45) is 0 Å². The van der Waals surface area contributed by atoms with E-state index >= 15 is 0 Å². The van der Waals surface area contributed by atoms with Gasteiger partial charge in [0.2, 0.25) is 5.88 Å². The van der Waals surface area contributed by atoms with E-state index in [1.54, 1.807) is 6.20 Å². The SMILES string of the molecule is CN(CCOC(c1ccccc1)n1c(O)csc1=O)c1ccccn1. The molecule has 0 amide bonds. The van der Waals surface area contributed by atoms with Gasteiger partial charge in [0.1, 0.15) is 5.82 Å². The van der Waals surface area contributed by atoms with Crippen LogP contribution in [0, 0.1) is 0 Å². The van der Waals surface area contributed by atoms with E-state index in [-0.39, 0.29) is 10.8 Å². The van der Waals surface area contributed by atoms with Crippen LogP contribution in [0.25, 0.3) is 0 Å². The molecule has 0 saturated heterocycles. The molecule has 0 fully saturated rings. The molecule has 0 radical (unpaired) electrons. The molecule has 130 valence electrons. The molecule has 0 aliphatic heterocycles. The van der Waals surface area contributed by atoms with Gasteiger partial charge in [0.25, 0.3) is 0 Å². The highest BCUT2D eigenvalue weighted by atomic mass is 32.1. The molecule has 0 bridgehead atoms. The van der Waals surface area contributed by atoms with Crippen molar-refractivity contribution in [3.05, 3.63) is 75.3 Å². The minimum absolute atomic E-state index is 0.0954. The van der Waals surface area contributed by atoms with Gasteiger partial charge in [0.15, 0.2) is 6.23 Å². The quantitative estimate of drug-likeness (QED) is 0.704. The first-order chi connectivity index (χ1) is 12.2. The summed E-state index contributed by atoms with van der Waals surface area (Å²) in [5.41, 5.74) is 0.804. The lowest BCUT2D eigenvalue weighted by molar-refractivity contribution is 0.0307. The zero-order chi connectivity index (χ0) is 17.6. The Morgan fingerprint density at radius 1 is 1.24 bits per heavy atom. The topological polar surface area (TPSA) is 67.6 Å². The van der Waals surface area contributed by atoms with E-state index < -0.39 is 6.23 Å². The van der Waals surface area contributed by atoms with Crippen molar-refractivity contribution >= 4 is 17.2 Å². The Hall–Kier alpha value is -2.64. The number of anilines is 1. The zero-order valence-electron chi connectivity index (χ0n) is 13.8. The fourth-order valence-corrected chi connectivity index (χ4v) is 3.08. The highest BCUT2D eigenvalue weighted by Gasteiger charge is 2.20. The van der Waals surface area contributed by atoms with Crippen molar-refractivity contribution in [2.45, 2.75) is 6.23 Å². The molecule has 0 saturated carbocycles. The van der Waals surface area contributed by atoms with E-state index in [0.29, 0.717) is 13.2 Å². The number of likely N-dealkylation sites (N-methyl/N-ethyl adjacent to an activating group) is 1. The Bertz CT molecular complexity index is 849. The molecular weight excluding hydrogens is 338 g/mol. The highest BCUT2D eigenvalue weighted by Crippen LogP contribution is 2.24. The zero-order valence-corrected chi connectivity index (χ0v) is 14.6. The molecule has 0 aliphatic carbocycles. The van der Waals surface area contributed by atoms with Crippen LogP contribution in [0.3, 0.4) is 0 Å². The number of rotatable bonds is 7. The summed E-state index contributed by atoms with van der Waals surface area (Å²) in [6.07, 6.45) is 1.07. The summed E-state index contributed by atoms with van der Waals surface area (Å²) in [5.74, 6) is 0.750. The van der Waals surface area contributed by atoms with Gasteiger partial charge in [0.05, 0.1) is 12.0 Å². The number of nitrogens with zero attached hydrogens (tertiary/aromatic N) is 3. The molecule has 25 heavy (non-hydrogen) atoms. The molecule has 3 rings (SSSR count). The molecule has 1 atom stereocenters. The maximum Gasteiger partial charge on any atom is 0.312 e. The van der Waals surface area contributed by atoms with Crippen LogP contribution in [0.2, 0.25) is 0 Å². The average Bonchev–Trinajstić information content (AvgIpc) is 2.99. The van der Waals surface area contributed by atoms with E-state index in [9.17, 15) is 9.90 Å². The van der Waals surface area contributed by atoms with Crippen molar-refractivity contribution in [1.29, 1.82) is 0 Å². The van der Waals surface area contributed by atoms with Gasteiger partial charge < -0.3 is 14.7 Å². The Labute approximate surface area is 149 Å². The summed E-state index contributed by atoms with van der Waals surface area (Å²) in [5, 5.41) is 11.4. The second-order valence-corrected chi connectivity index (χ2v) is 6.29. The summed E-state index contributed by atoms with van der Waals surface area (Å²) < 4.78 is 7.23. The lowest BCUT2D eigenvalue weighted by Crippen LogP contribution is -2.28. The number of hydrogen-bond acceptors (Lipinski definition) is 6. The van der Waals surface area contributed by atoms with Crippen molar-refractivity contribution in [1.82, 2.24) is 9.55 Å². The van der Waals surface area contributed by atoms with Crippen molar-refractivity contribution in [3.8, 4) is 5.88 Å². The third-order valence-corrected chi connectivity index (χ3v) is 4.50. The van der Waals surface area contributed by atoms with Crippen LogP contribution in [-0.4, -0.2) is 34.9 Å². The molecule has 7 heteroatoms. The van der Waals surface area contributed by atoms with Crippen LogP contribution < -0.4 is 9.77 Å². The molecule has 0 spiro atoms. The lowest BCUT2D eigenvalue weighted by Gasteiger charge is -2.23. The first kappa shape index (κ1) is 17.2. The number of pyridine rings is 1. The fraction of sp³-hybridized carbons (Fsp3) is 0.222. The van der Waals surface area contributed by atoms with Gasteiger partial charge in [-0.2, -0.15) is 0 Å². The normalized spacial score (nSPS) is 12.0. The molecule has 6 nitrogen and oxygen atoms in total. The first-order valence-electron chi connectivity index (χ1n) is 7.84. The minimum Gasteiger partial charge on any atom is -0.494 e. The summed E-state index contributed by atoms with van der Waals surface area (Å²) in [6.45, 7) is 0.967. The van der Waals surface area contributed by atoms with E-state index in [0.717, 1.165) is 22.7 Å². The smallest absolute Gasteiger partial charge is 0.312 e. The van der Waals surface area contributed by atoms with Gasteiger partial charge in [-0.25, -0.2) is 9.55 Å². The molecule has 1 N–H and O–H groups in total. The lowest BCUT2D eigenvalue weighted by atomic mass is 10.2. The third-order valence-electron chi connectivity index (χ3n) is 3.77. The second kappa shape index (κ2) is 7.96. The Kier molecular flexibility index (Phi) is 5.47. The van der Waals surface area contributed by atoms with Crippen LogP contribution in [0.15, 0.2) is 64.9 Å². The standard InChI is InChI=1S/C18H19N3O3S/c1-20(15-9-5-6-10-19-15)11-12-24-17(14-7-3-2-4-8-14)21-16(22)13-25-18(21)23/h2-10,13,17,22H,11-12H2,1H3. The van der Waals surface area contributed by atoms with Gasteiger partial charge in [-0.05, 0) is 12.1 Å². The predicted molar refractivity (Wildman–Crippen MR) is 98.3 cm³/mol. The van der Waals surface area contributed by atoms with Crippen molar-refractivity contribution in [2.75, 3.05) is 25.1 Å². The molecule has 1 aromatic carbocycles. The molecule has 3 aromatic rings. The summed E-state index contributed by atoms with van der Waals surface area (Å²) in [4.78, 5) is 18.1. The molecular formula is C18H19N3O3S. The summed E-state index contributed by atoms with van der Waals surface area (Å²) in [6, 6.07) is 15.1. The number of aromatic hydroxyl groups is 1. The monoisotopic (exact) mass is 357 g/mol. The average molecular weight is 357 g/mol. The Balaban J connectivity index is 1.74. The number of ether oxygens (including phenoxy) is 1. The largest absolute Gasteiger partial charge is 0.494 e. The molecule has 1 unspecified atom stereocenters. The highest BCUT2D eigenvalue weighted by molar-refractivity contribution is 7.07. The fourth-order valence-electron chi connectivity index (χ4n) is 2.46. The minimum atomic E-state index is -0.669. The van der Waals surface area contributed by atoms with Gasteiger partial charge in [-0.1, -0.05) is 47.7 Å². The van der Waals surface area contributed by atoms with E-state index in [4.69, 9.17) is 4.74 Å². The van der Waals surface area contributed by atoms with Gasteiger partial charge >= 0.3 is 4.87 Å². The maximum atomic E-state index is 12.1. The van der Waals surface area contributed by atoms with E-state index in [1.165, 1.54) is 9.95 Å². The van der Waals surface area contributed by atoms with Gasteiger partial charge in [-0.15, -0.1) is 0 Å². The Morgan fingerprint density at radius 3 is 2.64 bits per heavy atom. The molecule has 0 aliphatic rings. The predicted octanol–water partition coefficient (Wildman–Crippen LogP) is 2.71. The third kappa shape index (κ3) is 4.07. The van der Waals surface area contributed by atoms with Crippen LogP contribution in [0.1, 0.15) is 11.8 Å². The van der Waals surface area contributed by atoms with Crippen LogP contribution in [-0.2, 0) is 4.74 Å². The van der Waals surface area contributed by atoms with E-state index in [1.807, 2.05) is 60.5 Å². The first-order valence-corrected chi connectivity index (χ1v) is 8.72. The van der Waals surface area contributed by atoms with Crippen LogP contribution in [0.4, 0.5) is 5.82 Å². The number of thiazole rings is 1. The molecule has 2 heterocycles. The Morgan fingerprint density at radius 2 is 2.00 bits per heavy atom. The number of hydrogen-bond donors (Lipinski definition) is 1. The second-order valence-electron chi connectivity index (χ2n) is 5.47. The van der Waals surface area contributed by atoms with Crippen molar-refractivity contribution in [3.63, 3.8) is 0 Å². The van der Waals surface area contributed by atoms with Crippen molar-refractivity contribution < 1.29 is 9.84 Å². The number of benzene rings is 1.